The number of fused-ring (bicyclic) bond motifs is 1. The van der Waals surface area contributed by atoms with Crippen LogP contribution in [0.15, 0.2) is 24.3 Å². The first kappa shape index (κ1) is 15.5. The molecule has 1 aliphatic rings. The first-order valence-electron chi connectivity index (χ1n) is 6.52. The summed E-state index contributed by atoms with van der Waals surface area (Å²) in [7, 11) is 0. The maximum atomic E-state index is 11.0. The number of hydrogen-bond donors (Lipinski definition) is 2. The van der Waals surface area contributed by atoms with Gasteiger partial charge < -0.3 is 19.9 Å². The van der Waals surface area contributed by atoms with Crippen LogP contribution in [0, 0.1) is 0 Å². The fourth-order valence-electron chi connectivity index (χ4n) is 1.88. The minimum atomic E-state index is -1.04. The molecule has 1 aliphatic heterocycles. The fourth-order valence-corrected chi connectivity index (χ4v) is 2.91. The molecule has 2 atom stereocenters. The molecule has 0 saturated heterocycles. The van der Waals surface area contributed by atoms with Gasteiger partial charge in [-0.15, -0.1) is 0 Å². The molecule has 2 rings (SSSR count). The van der Waals surface area contributed by atoms with Crippen molar-refractivity contribution in [1.82, 2.24) is 5.32 Å². The predicted octanol–water partition coefficient (Wildman–Crippen LogP) is 1.15. The molecule has 1 aromatic carbocycles. The van der Waals surface area contributed by atoms with Crippen molar-refractivity contribution < 1.29 is 24.2 Å². The molecule has 114 valence electrons. The van der Waals surface area contributed by atoms with Gasteiger partial charge in [0.1, 0.15) is 18.8 Å². The van der Waals surface area contributed by atoms with Crippen LogP contribution in [-0.4, -0.2) is 47.2 Å². The quantitative estimate of drug-likeness (QED) is 0.820. The number of thioether (sulfide) groups is 1. The molecule has 1 heterocycles. The van der Waals surface area contributed by atoms with E-state index < -0.39 is 12.0 Å². The topological polar surface area (TPSA) is 84.9 Å². The molecule has 0 fully saturated rings. The third kappa shape index (κ3) is 4.56. The highest BCUT2D eigenvalue weighted by Crippen LogP contribution is 2.31. The first-order valence-corrected chi connectivity index (χ1v) is 7.68. The van der Waals surface area contributed by atoms with E-state index in [4.69, 9.17) is 14.6 Å². The zero-order chi connectivity index (χ0) is 15.2. The van der Waals surface area contributed by atoms with Gasteiger partial charge in [-0.3, -0.25) is 4.79 Å². The summed E-state index contributed by atoms with van der Waals surface area (Å²) in [5.41, 5.74) is 0. The number of benzene rings is 1. The van der Waals surface area contributed by atoms with Crippen molar-refractivity contribution in [2.24, 2.45) is 0 Å². The van der Waals surface area contributed by atoms with Crippen molar-refractivity contribution in [3.63, 3.8) is 0 Å². The zero-order valence-corrected chi connectivity index (χ0v) is 12.4. The highest BCUT2D eigenvalue weighted by atomic mass is 32.2. The molecule has 0 bridgehead atoms. The second kappa shape index (κ2) is 7.21. The largest absolute Gasteiger partial charge is 0.486 e. The van der Waals surface area contributed by atoms with E-state index in [1.165, 1.54) is 18.7 Å². The van der Waals surface area contributed by atoms with Crippen molar-refractivity contribution in [2.75, 3.05) is 18.1 Å². The van der Waals surface area contributed by atoms with Gasteiger partial charge in [0.2, 0.25) is 5.91 Å². The fraction of sp³-hybridized carbons (Fsp3) is 0.429. The summed E-state index contributed by atoms with van der Waals surface area (Å²) in [5, 5.41) is 11.4. The van der Waals surface area contributed by atoms with Crippen LogP contribution in [0.1, 0.15) is 6.92 Å². The molecule has 1 aromatic rings. The lowest BCUT2D eigenvalue weighted by Gasteiger charge is -2.26. The third-order valence-electron chi connectivity index (χ3n) is 2.83. The molecule has 1 amide bonds. The van der Waals surface area contributed by atoms with E-state index >= 15 is 0 Å². The van der Waals surface area contributed by atoms with Crippen molar-refractivity contribution >= 4 is 23.6 Å². The van der Waals surface area contributed by atoms with E-state index in [1.807, 2.05) is 24.3 Å². The average molecular weight is 311 g/mol. The Kier molecular flexibility index (Phi) is 5.32. The lowest BCUT2D eigenvalue weighted by molar-refractivity contribution is -0.140. The minimum absolute atomic E-state index is 0.128. The predicted molar refractivity (Wildman–Crippen MR) is 78.9 cm³/mol. The molecule has 0 aromatic heterocycles. The van der Waals surface area contributed by atoms with Crippen LogP contribution in [0.4, 0.5) is 0 Å². The van der Waals surface area contributed by atoms with Gasteiger partial charge in [-0.1, -0.05) is 12.1 Å². The number of carboxylic acids is 1. The van der Waals surface area contributed by atoms with Gasteiger partial charge in [-0.2, -0.15) is 11.8 Å². The normalized spacial score (nSPS) is 17.9. The molecule has 0 spiro atoms. The number of ether oxygens (including phenoxy) is 2. The Morgan fingerprint density at radius 2 is 2.14 bits per heavy atom. The number of amides is 1. The minimum Gasteiger partial charge on any atom is -0.486 e. The highest BCUT2D eigenvalue weighted by molar-refractivity contribution is 7.99. The molecule has 7 heteroatoms. The van der Waals surface area contributed by atoms with E-state index in [2.05, 4.69) is 5.32 Å². The van der Waals surface area contributed by atoms with E-state index in [-0.39, 0.29) is 17.8 Å². The Labute approximate surface area is 126 Å². The Hall–Kier alpha value is -1.89. The molecule has 2 N–H and O–H groups in total. The summed E-state index contributed by atoms with van der Waals surface area (Å²) in [5.74, 6) is 0.915. The number of hydrogen-bond acceptors (Lipinski definition) is 5. The lowest BCUT2D eigenvalue weighted by Crippen LogP contribution is -2.42. The van der Waals surface area contributed by atoms with Gasteiger partial charge in [0.15, 0.2) is 11.5 Å². The molecular weight excluding hydrogens is 294 g/mol. The maximum absolute atomic E-state index is 11.0. The molecule has 1 unspecified atom stereocenters. The van der Waals surface area contributed by atoms with Crippen LogP contribution >= 0.6 is 11.8 Å². The van der Waals surface area contributed by atoms with Gasteiger partial charge >= 0.3 is 5.97 Å². The van der Waals surface area contributed by atoms with Gasteiger partial charge in [0.25, 0.3) is 0 Å². The Morgan fingerprint density at radius 1 is 1.43 bits per heavy atom. The maximum Gasteiger partial charge on any atom is 0.327 e. The van der Waals surface area contributed by atoms with Crippen LogP contribution in [0.3, 0.4) is 0 Å². The monoisotopic (exact) mass is 311 g/mol. The Morgan fingerprint density at radius 3 is 2.81 bits per heavy atom. The smallest absolute Gasteiger partial charge is 0.327 e. The summed E-state index contributed by atoms with van der Waals surface area (Å²) in [6.45, 7) is 1.73. The van der Waals surface area contributed by atoms with Crippen LogP contribution in [0.2, 0.25) is 0 Å². The summed E-state index contributed by atoms with van der Waals surface area (Å²) in [4.78, 5) is 21.9. The standard InChI is InChI=1S/C14H17NO5S/c1-9(16)15-11(14(17)18)8-21-7-10-6-19-12-4-2-3-5-13(12)20-10/h2-5,10-11H,6-8H2,1H3,(H,15,16)(H,17,18)/t10?,11-/m0/s1. The summed E-state index contributed by atoms with van der Waals surface area (Å²) < 4.78 is 11.4. The molecular formula is C14H17NO5S. The van der Waals surface area contributed by atoms with E-state index in [9.17, 15) is 9.59 Å². The molecule has 0 aliphatic carbocycles. The highest BCUT2D eigenvalue weighted by Gasteiger charge is 2.23. The van der Waals surface area contributed by atoms with Crippen molar-refractivity contribution in [2.45, 2.75) is 19.1 Å². The third-order valence-corrected chi connectivity index (χ3v) is 4.01. The molecule has 6 nitrogen and oxygen atoms in total. The van der Waals surface area contributed by atoms with Crippen LogP contribution in [0.5, 0.6) is 11.5 Å². The Balaban J connectivity index is 1.79. The summed E-state index contributed by atoms with van der Waals surface area (Å²) >= 11 is 1.41. The number of rotatable bonds is 6. The first-order chi connectivity index (χ1) is 10.1. The van der Waals surface area contributed by atoms with Gasteiger partial charge in [0, 0.05) is 18.4 Å². The zero-order valence-electron chi connectivity index (χ0n) is 11.6. The van der Waals surface area contributed by atoms with E-state index in [1.54, 1.807) is 0 Å². The van der Waals surface area contributed by atoms with Crippen molar-refractivity contribution in [3.8, 4) is 11.5 Å². The second-order valence-corrected chi connectivity index (χ2v) is 5.70. The number of carbonyl (C=O) groups excluding carboxylic acids is 1. The summed E-state index contributed by atoms with van der Waals surface area (Å²) in [6, 6.07) is 6.54. The molecule has 0 saturated carbocycles. The van der Waals surface area contributed by atoms with Crippen LogP contribution in [-0.2, 0) is 9.59 Å². The number of nitrogens with one attached hydrogen (secondary N) is 1. The van der Waals surface area contributed by atoms with E-state index in [0.717, 1.165) is 5.75 Å². The second-order valence-electron chi connectivity index (χ2n) is 4.63. The van der Waals surface area contributed by atoms with Crippen molar-refractivity contribution in [1.29, 1.82) is 0 Å². The SMILES string of the molecule is CC(=O)N[C@@H](CSCC1COc2ccccc2O1)C(=O)O. The Bertz CT molecular complexity index is 522. The lowest BCUT2D eigenvalue weighted by atomic mass is 10.3. The van der Waals surface area contributed by atoms with Crippen LogP contribution in [0.25, 0.3) is 0 Å². The van der Waals surface area contributed by atoms with Gasteiger partial charge in [-0.05, 0) is 12.1 Å². The van der Waals surface area contributed by atoms with Gasteiger partial charge in [0.05, 0.1) is 0 Å². The number of aliphatic carboxylic acids is 1. The molecule has 0 radical (unpaired) electrons. The van der Waals surface area contributed by atoms with Crippen LogP contribution < -0.4 is 14.8 Å². The van der Waals surface area contributed by atoms with Gasteiger partial charge in [-0.25, -0.2) is 4.79 Å². The number of carbonyl (C=O) groups is 2. The van der Waals surface area contributed by atoms with E-state index in [0.29, 0.717) is 18.1 Å². The summed E-state index contributed by atoms with van der Waals surface area (Å²) in [6.07, 6.45) is -0.128. The number of carboxylic acid groups (broad SMARTS) is 1. The average Bonchev–Trinajstić information content (AvgIpc) is 2.45. The molecule has 21 heavy (non-hydrogen) atoms. The number of para-hydroxylation sites is 2. The van der Waals surface area contributed by atoms with Crippen molar-refractivity contribution in [3.05, 3.63) is 24.3 Å².